The summed E-state index contributed by atoms with van der Waals surface area (Å²) in [6.45, 7) is 1.99. The summed E-state index contributed by atoms with van der Waals surface area (Å²) in [7, 11) is 3.31. The Morgan fingerprint density at radius 2 is 1.38 bits per heavy atom. The summed E-state index contributed by atoms with van der Waals surface area (Å²) < 4.78 is 12.3. The zero-order valence-electron chi connectivity index (χ0n) is 23.6. The highest BCUT2D eigenvalue weighted by molar-refractivity contribution is 5.85. The molecule has 0 amide bonds. The molecule has 0 aliphatic rings. The third-order valence-electron chi connectivity index (χ3n) is 7.18. The SMILES string of the molecule is COc1ccc(/C=C/c2nc3ccccc3c(=O)n2-c2ccc(C#Cc3ccc4cc(OC)ccc4c3)cc2C)cc1. The minimum atomic E-state index is -0.121. The highest BCUT2D eigenvalue weighted by atomic mass is 16.5. The fourth-order valence-corrected chi connectivity index (χ4v) is 4.94. The van der Waals surface area contributed by atoms with E-state index in [2.05, 4.69) is 24.0 Å². The van der Waals surface area contributed by atoms with Gasteiger partial charge in [-0.2, -0.15) is 0 Å². The lowest BCUT2D eigenvalue weighted by atomic mass is 10.1. The van der Waals surface area contributed by atoms with Gasteiger partial charge < -0.3 is 9.47 Å². The molecule has 6 rings (SSSR count). The molecule has 0 fully saturated rings. The van der Waals surface area contributed by atoms with Crippen molar-refractivity contribution in [3.05, 3.63) is 142 Å². The molecule has 0 saturated carbocycles. The Bertz CT molecular complexity index is 2100. The maximum atomic E-state index is 13.8. The second-order valence-corrected chi connectivity index (χ2v) is 9.91. The van der Waals surface area contributed by atoms with Gasteiger partial charge in [0.25, 0.3) is 5.56 Å². The van der Waals surface area contributed by atoms with E-state index in [4.69, 9.17) is 14.5 Å². The molecular weight excluding hydrogens is 520 g/mol. The Morgan fingerprint density at radius 3 is 2.14 bits per heavy atom. The van der Waals surface area contributed by atoms with E-state index < -0.39 is 0 Å². The fourth-order valence-electron chi connectivity index (χ4n) is 4.94. The second kappa shape index (κ2) is 11.5. The van der Waals surface area contributed by atoms with Gasteiger partial charge in [-0.25, -0.2) is 4.98 Å². The quantitative estimate of drug-likeness (QED) is 0.210. The van der Waals surface area contributed by atoms with Crippen LogP contribution in [-0.4, -0.2) is 23.8 Å². The van der Waals surface area contributed by atoms with Gasteiger partial charge in [0.15, 0.2) is 0 Å². The molecule has 6 aromatic rings. The Labute approximate surface area is 244 Å². The molecule has 42 heavy (non-hydrogen) atoms. The first kappa shape index (κ1) is 26.6. The third-order valence-corrected chi connectivity index (χ3v) is 7.18. The van der Waals surface area contributed by atoms with Crippen LogP contribution < -0.4 is 15.0 Å². The van der Waals surface area contributed by atoms with Crippen molar-refractivity contribution >= 4 is 33.8 Å². The number of rotatable bonds is 5. The van der Waals surface area contributed by atoms with Gasteiger partial charge in [0.2, 0.25) is 0 Å². The number of aryl methyl sites for hydroxylation is 1. The van der Waals surface area contributed by atoms with Crippen LogP contribution in [0.2, 0.25) is 0 Å². The molecule has 5 heteroatoms. The largest absolute Gasteiger partial charge is 0.497 e. The molecule has 204 valence electrons. The summed E-state index contributed by atoms with van der Waals surface area (Å²) >= 11 is 0. The summed E-state index contributed by atoms with van der Waals surface area (Å²) in [6, 6.07) is 33.2. The van der Waals surface area contributed by atoms with Gasteiger partial charge in [-0.3, -0.25) is 9.36 Å². The van der Waals surface area contributed by atoms with Crippen LogP contribution in [0.15, 0.2) is 108 Å². The summed E-state index contributed by atoms with van der Waals surface area (Å²) in [5.74, 6) is 8.72. The molecule has 0 spiro atoms. The zero-order chi connectivity index (χ0) is 29.1. The summed E-state index contributed by atoms with van der Waals surface area (Å²) in [5.41, 5.74) is 4.98. The minimum Gasteiger partial charge on any atom is -0.497 e. The van der Waals surface area contributed by atoms with Crippen molar-refractivity contribution < 1.29 is 9.47 Å². The first-order chi connectivity index (χ1) is 20.5. The average Bonchev–Trinajstić information content (AvgIpc) is 3.03. The molecule has 1 aromatic heterocycles. The fraction of sp³-hybridized carbons (Fsp3) is 0.0811. The zero-order valence-corrected chi connectivity index (χ0v) is 23.6. The Morgan fingerprint density at radius 1 is 0.714 bits per heavy atom. The number of benzene rings is 5. The number of nitrogens with zero attached hydrogens (tertiary/aromatic N) is 2. The van der Waals surface area contributed by atoms with E-state index in [0.29, 0.717) is 16.7 Å². The Balaban J connectivity index is 1.37. The minimum absolute atomic E-state index is 0.121. The second-order valence-electron chi connectivity index (χ2n) is 9.91. The van der Waals surface area contributed by atoms with Crippen molar-refractivity contribution in [2.24, 2.45) is 0 Å². The monoisotopic (exact) mass is 548 g/mol. The lowest BCUT2D eigenvalue weighted by Gasteiger charge is -2.14. The number of hydrogen-bond donors (Lipinski definition) is 0. The molecule has 0 atom stereocenters. The maximum Gasteiger partial charge on any atom is 0.266 e. The van der Waals surface area contributed by atoms with Crippen molar-refractivity contribution in [1.82, 2.24) is 9.55 Å². The smallest absolute Gasteiger partial charge is 0.266 e. The van der Waals surface area contributed by atoms with E-state index in [1.807, 2.05) is 110 Å². The Kier molecular flexibility index (Phi) is 7.28. The van der Waals surface area contributed by atoms with Gasteiger partial charge in [-0.15, -0.1) is 0 Å². The standard InChI is InChI=1S/C37H28N2O3/c1-25-22-27(8-9-28-10-15-30-24-32(42-3)19-16-29(30)23-28)13-20-35(25)39-36(21-14-26-11-17-31(41-2)18-12-26)38-34-7-5-4-6-33(34)37(39)40/h4-7,10-24H,1-3H3/b21-14+. The Hall–Kier alpha value is -5.60. The molecule has 0 saturated heterocycles. The van der Waals surface area contributed by atoms with E-state index >= 15 is 0 Å². The number of methoxy groups -OCH3 is 2. The van der Waals surface area contributed by atoms with Gasteiger partial charge in [-0.1, -0.05) is 54.3 Å². The predicted molar refractivity (Wildman–Crippen MR) is 170 cm³/mol. The lowest BCUT2D eigenvalue weighted by Crippen LogP contribution is -2.23. The van der Waals surface area contributed by atoms with E-state index in [0.717, 1.165) is 50.2 Å². The molecule has 0 unspecified atom stereocenters. The van der Waals surface area contributed by atoms with Gasteiger partial charge in [0.05, 0.1) is 30.8 Å². The topological polar surface area (TPSA) is 53.3 Å². The third kappa shape index (κ3) is 5.39. The van der Waals surface area contributed by atoms with Gasteiger partial charge >= 0.3 is 0 Å². The molecule has 0 radical (unpaired) electrons. The first-order valence-corrected chi connectivity index (χ1v) is 13.6. The molecule has 0 bridgehead atoms. The van der Waals surface area contributed by atoms with Crippen LogP contribution in [0.25, 0.3) is 39.5 Å². The van der Waals surface area contributed by atoms with Crippen LogP contribution in [0.1, 0.15) is 28.1 Å². The van der Waals surface area contributed by atoms with E-state index in [1.54, 1.807) is 18.8 Å². The predicted octanol–water partition coefficient (Wildman–Crippen LogP) is 7.43. The molecule has 0 N–H and O–H groups in total. The molecule has 0 aliphatic carbocycles. The van der Waals surface area contributed by atoms with Crippen molar-refractivity contribution in [2.45, 2.75) is 6.92 Å². The normalized spacial score (nSPS) is 11.0. The number of aromatic nitrogens is 2. The van der Waals surface area contributed by atoms with Crippen LogP contribution >= 0.6 is 0 Å². The first-order valence-electron chi connectivity index (χ1n) is 13.6. The van der Waals surface area contributed by atoms with Crippen LogP contribution in [-0.2, 0) is 0 Å². The van der Waals surface area contributed by atoms with Gasteiger partial charge in [0.1, 0.15) is 17.3 Å². The number of para-hydroxylation sites is 1. The number of hydrogen-bond acceptors (Lipinski definition) is 4. The van der Waals surface area contributed by atoms with Gasteiger partial charge in [0, 0.05) is 11.1 Å². The summed E-state index contributed by atoms with van der Waals surface area (Å²) in [4.78, 5) is 18.6. The lowest BCUT2D eigenvalue weighted by molar-refractivity contribution is 0.415. The summed E-state index contributed by atoms with van der Waals surface area (Å²) in [6.07, 6.45) is 3.82. The molecular formula is C37H28N2O3. The van der Waals surface area contributed by atoms with Crippen LogP contribution in [0.4, 0.5) is 0 Å². The molecule has 0 aliphatic heterocycles. The van der Waals surface area contributed by atoms with Crippen molar-refractivity contribution in [3.8, 4) is 29.0 Å². The van der Waals surface area contributed by atoms with E-state index in [9.17, 15) is 4.79 Å². The molecule has 1 heterocycles. The van der Waals surface area contributed by atoms with E-state index in [1.165, 1.54) is 0 Å². The number of ether oxygens (including phenoxy) is 2. The van der Waals surface area contributed by atoms with Crippen molar-refractivity contribution in [2.75, 3.05) is 14.2 Å². The van der Waals surface area contributed by atoms with Gasteiger partial charge in [-0.05, 0) is 102 Å². The number of fused-ring (bicyclic) bond motifs is 2. The highest BCUT2D eigenvalue weighted by Gasteiger charge is 2.13. The van der Waals surface area contributed by atoms with Crippen LogP contribution in [0.3, 0.4) is 0 Å². The average molecular weight is 549 g/mol. The van der Waals surface area contributed by atoms with Crippen molar-refractivity contribution in [1.29, 1.82) is 0 Å². The van der Waals surface area contributed by atoms with Crippen molar-refractivity contribution in [3.63, 3.8) is 0 Å². The maximum absolute atomic E-state index is 13.8. The van der Waals surface area contributed by atoms with Crippen LogP contribution in [0, 0.1) is 18.8 Å². The highest BCUT2D eigenvalue weighted by Crippen LogP contribution is 2.23. The molecule has 5 aromatic carbocycles. The van der Waals surface area contributed by atoms with E-state index in [-0.39, 0.29) is 5.56 Å². The van der Waals surface area contributed by atoms with Crippen LogP contribution in [0.5, 0.6) is 11.5 Å². The summed E-state index contributed by atoms with van der Waals surface area (Å²) in [5, 5.41) is 2.77. The molecule has 5 nitrogen and oxygen atoms in total.